The molecule has 1 aliphatic heterocycles. The van der Waals surface area contributed by atoms with Crippen molar-refractivity contribution < 1.29 is 19.0 Å². The van der Waals surface area contributed by atoms with Crippen molar-refractivity contribution in [1.82, 2.24) is 10.6 Å². The van der Waals surface area contributed by atoms with Crippen LogP contribution in [0.2, 0.25) is 0 Å². The highest BCUT2D eigenvalue weighted by atomic mass is 35.5. The number of rotatable bonds is 6. The Morgan fingerprint density at radius 2 is 2.18 bits per heavy atom. The van der Waals surface area contributed by atoms with Crippen molar-refractivity contribution in [3.63, 3.8) is 0 Å². The number of hydrogen-bond acceptors (Lipinski definition) is 4. The van der Waals surface area contributed by atoms with Gasteiger partial charge in [-0.15, -0.1) is 12.4 Å². The van der Waals surface area contributed by atoms with Crippen LogP contribution < -0.4 is 15.4 Å². The molecule has 0 aliphatic carbocycles. The molecule has 1 aromatic carbocycles. The molecule has 124 valence electrons. The van der Waals surface area contributed by atoms with Crippen LogP contribution in [0.15, 0.2) is 24.3 Å². The molecule has 2 unspecified atom stereocenters. The molecule has 7 heteroatoms. The van der Waals surface area contributed by atoms with E-state index in [9.17, 15) is 14.3 Å². The fourth-order valence-electron chi connectivity index (χ4n) is 2.22. The summed E-state index contributed by atoms with van der Waals surface area (Å²) in [7, 11) is 0. The number of benzene rings is 1. The van der Waals surface area contributed by atoms with Gasteiger partial charge in [0.2, 0.25) is 5.91 Å². The molecule has 1 heterocycles. The van der Waals surface area contributed by atoms with Crippen LogP contribution in [0.3, 0.4) is 0 Å². The van der Waals surface area contributed by atoms with Gasteiger partial charge in [0.15, 0.2) is 0 Å². The van der Waals surface area contributed by atoms with Gasteiger partial charge < -0.3 is 20.5 Å². The first kappa shape index (κ1) is 18.7. The fourth-order valence-corrected chi connectivity index (χ4v) is 2.22. The van der Waals surface area contributed by atoms with Crippen molar-refractivity contribution in [2.45, 2.75) is 19.4 Å². The molecule has 1 aliphatic rings. The molecule has 1 aromatic rings. The van der Waals surface area contributed by atoms with Gasteiger partial charge in [-0.1, -0.05) is 0 Å². The molecule has 0 bridgehead atoms. The Morgan fingerprint density at radius 1 is 1.50 bits per heavy atom. The van der Waals surface area contributed by atoms with E-state index in [4.69, 9.17) is 4.74 Å². The predicted octanol–water partition coefficient (Wildman–Crippen LogP) is 1.10. The molecule has 22 heavy (non-hydrogen) atoms. The quantitative estimate of drug-likeness (QED) is 0.729. The predicted molar refractivity (Wildman–Crippen MR) is 83.8 cm³/mol. The molecule has 2 rings (SSSR count). The number of nitrogens with one attached hydrogen (secondary N) is 2. The van der Waals surface area contributed by atoms with Gasteiger partial charge in [0.25, 0.3) is 0 Å². The Hall–Kier alpha value is -1.37. The number of carbonyl (C=O) groups is 1. The van der Waals surface area contributed by atoms with E-state index in [0.29, 0.717) is 12.3 Å². The molecular weight excluding hydrogens is 311 g/mol. The summed E-state index contributed by atoms with van der Waals surface area (Å²) in [4.78, 5) is 12.0. The highest BCUT2D eigenvalue weighted by Crippen LogP contribution is 2.24. The lowest BCUT2D eigenvalue weighted by Crippen LogP contribution is -2.44. The monoisotopic (exact) mass is 332 g/mol. The number of ether oxygens (including phenoxy) is 1. The molecule has 1 amide bonds. The molecular formula is C15H22ClFN2O3. The van der Waals surface area contributed by atoms with Crippen LogP contribution in [0, 0.1) is 11.2 Å². The van der Waals surface area contributed by atoms with E-state index in [-0.39, 0.29) is 37.3 Å². The highest BCUT2D eigenvalue weighted by molar-refractivity contribution is 5.85. The number of hydrogen-bond donors (Lipinski definition) is 3. The second-order valence-corrected chi connectivity index (χ2v) is 5.62. The molecule has 0 radical (unpaired) electrons. The van der Waals surface area contributed by atoms with Crippen LogP contribution in [0.4, 0.5) is 4.39 Å². The van der Waals surface area contributed by atoms with E-state index in [1.54, 1.807) is 0 Å². The molecule has 2 atom stereocenters. The van der Waals surface area contributed by atoms with Crippen molar-refractivity contribution >= 4 is 18.3 Å². The maximum atomic E-state index is 12.7. The Balaban J connectivity index is 0.00000242. The average molecular weight is 333 g/mol. The molecule has 0 spiro atoms. The Bertz CT molecular complexity index is 478. The number of amides is 1. The lowest BCUT2D eigenvalue weighted by molar-refractivity contribution is -0.129. The number of carbonyl (C=O) groups excluding carboxylic acids is 1. The van der Waals surface area contributed by atoms with Crippen LogP contribution >= 0.6 is 12.4 Å². The van der Waals surface area contributed by atoms with Gasteiger partial charge in [-0.25, -0.2) is 4.39 Å². The van der Waals surface area contributed by atoms with Crippen LogP contribution in [0.25, 0.3) is 0 Å². The Morgan fingerprint density at radius 3 is 2.77 bits per heavy atom. The third kappa shape index (κ3) is 5.12. The fraction of sp³-hybridized carbons (Fsp3) is 0.533. The zero-order valence-electron chi connectivity index (χ0n) is 12.5. The van der Waals surface area contributed by atoms with Gasteiger partial charge >= 0.3 is 0 Å². The van der Waals surface area contributed by atoms with Crippen LogP contribution in [0.5, 0.6) is 5.75 Å². The normalized spacial score (nSPS) is 21.8. The maximum absolute atomic E-state index is 12.7. The number of halogens is 2. The molecule has 1 saturated heterocycles. The molecule has 1 fully saturated rings. The van der Waals surface area contributed by atoms with Crippen LogP contribution in [-0.4, -0.2) is 43.4 Å². The largest absolute Gasteiger partial charge is 0.491 e. The van der Waals surface area contributed by atoms with Gasteiger partial charge in [-0.2, -0.15) is 0 Å². The summed E-state index contributed by atoms with van der Waals surface area (Å²) < 4.78 is 18.0. The SMILES string of the molecule is CC1(C(=O)NCC(O)COc2ccc(F)cc2)CCNC1.Cl. The zero-order valence-corrected chi connectivity index (χ0v) is 13.3. The van der Waals surface area contributed by atoms with Crippen molar-refractivity contribution in [2.24, 2.45) is 5.41 Å². The summed E-state index contributed by atoms with van der Waals surface area (Å²) in [6.45, 7) is 3.57. The molecule has 3 N–H and O–H groups in total. The van der Waals surface area contributed by atoms with Gasteiger partial charge in [0.05, 0.1) is 5.41 Å². The minimum Gasteiger partial charge on any atom is -0.491 e. The zero-order chi connectivity index (χ0) is 15.3. The van der Waals surface area contributed by atoms with E-state index >= 15 is 0 Å². The van der Waals surface area contributed by atoms with Crippen LogP contribution in [-0.2, 0) is 4.79 Å². The van der Waals surface area contributed by atoms with Gasteiger partial charge in [-0.05, 0) is 44.2 Å². The Kier molecular flexibility index (Phi) is 7.06. The minimum absolute atomic E-state index is 0. The second-order valence-electron chi connectivity index (χ2n) is 5.62. The summed E-state index contributed by atoms with van der Waals surface area (Å²) >= 11 is 0. The highest BCUT2D eigenvalue weighted by Gasteiger charge is 2.36. The van der Waals surface area contributed by atoms with Crippen molar-refractivity contribution in [3.8, 4) is 5.75 Å². The van der Waals surface area contributed by atoms with E-state index in [2.05, 4.69) is 10.6 Å². The number of aliphatic hydroxyl groups excluding tert-OH is 1. The average Bonchev–Trinajstić information content (AvgIpc) is 2.92. The molecule has 0 saturated carbocycles. The molecule has 5 nitrogen and oxygen atoms in total. The minimum atomic E-state index is -0.808. The summed E-state index contributed by atoms with van der Waals surface area (Å²) in [5.74, 6) is 0.0793. The van der Waals surface area contributed by atoms with Gasteiger partial charge in [0, 0.05) is 13.1 Å². The lowest BCUT2D eigenvalue weighted by Gasteiger charge is -2.22. The first-order valence-electron chi connectivity index (χ1n) is 7.05. The van der Waals surface area contributed by atoms with E-state index < -0.39 is 11.5 Å². The first-order chi connectivity index (χ1) is 9.99. The maximum Gasteiger partial charge on any atom is 0.227 e. The molecule has 0 aromatic heterocycles. The van der Waals surface area contributed by atoms with E-state index in [1.165, 1.54) is 24.3 Å². The van der Waals surface area contributed by atoms with E-state index in [1.807, 2.05) is 6.92 Å². The summed E-state index contributed by atoms with van der Waals surface area (Å²) in [6.07, 6.45) is -0.0157. The van der Waals surface area contributed by atoms with Crippen molar-refractivity contribution in [3.05, 3.63) is 30.1 Å². The van der Waals surface area contributed by atoms with E-state index in [0.717, 1.165) is 13.0 Å². The van der Waals surface area contributed by atoms with Crippen molar-refractivity contribution in [1.29, 1.82) is 0 Å². The van der Waals surface area contributed by atoms with Gasteiger partial charge in [0.1, 0.15) is 24.3 Å². The topological polar surface area (TPSA) is 70.6 Å². The van der Waals surface area contributed by atoms with Crippen LogP contribution in [0.1, 0.15) is 13.3 Å². The summed E-state index contributed by atoms with van der Waals surface area (Å²) in [6, 6.07) is 5.56. The van der Waals surface area contributed by atoms with Crippen molar-refractivity contribution in [2.75, 3.05) is 26.2 Å². The Labute approximate surface area is 135 Å². The van der Waals surface area contributed by atoms with Gasteiger partial charge in [-0.3, -0.25) is 4.79 Å². The summed E-state index contributed by atoms with van der Waals surface area (Å²) in [5.41, 5.74) is -0.405. The summed E-state index contributed by atoms with van der Waals surface area (Å²) in [5, 5.41) is 15.7. The third-order valence-corrected chi connectivity index (χ3v) is 3.67. The smallest absolute Gasteiger partial charge is 0.227 e. The lowest BCUT2D eigenvalue weighted by atomic mass is 9.89. The second kappa shape index (κ2) is 8.31. The first-order valence-corrected chi connectivity index (χ1v) is 7.05. The standard InChI is InChI=1S/C15H21FN2O3.ClH/c1-15(6-7-17-10-15)14(20)18-8-12(19)9-21-13-4-2-11(16)3-5-13;/h2-5,12,17,19H,6-10H2,1H3,(H,18,20);1H. The third-order valence-electron chi connectivity index (χ3n) is 3.67. The number of aliphatic hydroxyl groups is 1.